The van der Waals surface area contributed by atoms with E-state index in [2.05, 4.69) is 28.4 Å². The van der Waals surface area contributed by atoms with Crippen molar-refractivity contribution in [1.82, 2.24) is 10.2 Å². The lowest BCUT2D eigenvalue weighted by atomic mass is 9.70. The molecule has 5 nitrogen and oxygen atoms in total. The smallest absolute Gasteiger partial charge is 0.253 e. The van der Waals surface area contributed by atoms with Crippen molar-refractivity contribution in [3.63, 3.8) is 0 Å². The number of aliphatic hydroxyl groups excluding tert-OH is 1. The summed E-state index contributed by atoms with van der Waals surface area (Å²) in [5.74, 6) is 0.0769. The van der Waals surface area contributed by atoms with Crippen molar-refractivity contribution in [2.75, 3.05) is 45.2 Å². The molecular weight excluding hydrogens is 362 g/mol. The molecule has 0 aromatic heterocycles. The third-order valence-corrected chi connectivity index (χ3v) is 6.67. The van der Waals surface area contributed by atoms with Crippen molar-refractivity contribution in [3.05, 3.63) is 54.1 Å². The van der Waals surface area contributed by atoms with Crippen LogP contribution in [0.2, 0.25) is 0 Å². The molecule has 0 spiro atoms. The molecule has 2 aliphatic heterocycles. The van der Waals surface area contributed by atoms with Crippen LogP contribution in [0.1, 0.15) is 29.6 Å². The van der Waals surface area contributed by atoms with Gasteiger partial charge in [-0.25, -0.2) is 0 Å². The number of anilines is 1. The van der Waals surface area contributed by atoms with Crippen molar-refractivity contribution in [1.29, 1.82) is 0 Å². The van der Waals surface area contributed by atoms with Crippen LogP contribution in [0.25, 0.3) is 11.1 Å². The van der Waals surface area contributed by atoms with Crippen LogP contribution in [0.4, 0.5) is 5.69 Å². The van der Waals surface area contributed by atoms with Gasteiger partial charge in [0.05, 0.1) is 6.61 Å². The van der Waals surface area contributed by atoms with Gasteiger partial charge in [0, 0.05) is 55.5 Å². The van der Waals surface area contributed by atoms with Crippen LogP contribution in [0.15, 0.2) is 48.5 Å². The largest absolute Gasteiger partial charge is 0.396 e. The first-order valence-electron chi connectivity index (χ1n) is 10.5. The van der Waals surface area contributed by atoms with E-state index in [4.69, 9.17) is 0 Å². The van der Waals surface area contributed by atoms with Gasteiger partial charge in [-0.05, 0) is 49.6 Å². The second-order valence-corrected chi connectivity index (χ2v) is 8.62. The van der Waals surface area contributed by atoms with Crippen molar-refractivity contribution in [3.8, 4) is 11.1 Å². The van der Waals surface area contributed by atoms with E-state index in [1.54, 1.807) is 0 Å². The van der Waals surface area contributed by atoms with Crippen LogP contribution in [0, 0.1) is 5.41 Å². The molecule has 2 aromatic rings. The SMILES string of the molecule is CN(C)c1ccccc1-c1cccc(C(=O)N2CC[C@@]3(CO)CCCN[C@@H]3C2)c1. The molecule has 29 heavy (non-hydrogen) atoms. The number of piperidine rings is 2. The molecule has 0 unspecified atom stereocenters. The lowest BCUT2D eigenvalue weighted by molar-refractivity contribution is -0.00882. The maximum atomic E-state index is 13.3. The number of carbonyl (C=O) groups is 1. The van der Waals surface area contributed by atoms with Gasteiger partial charge in [0.2, 0.25) is 0 Å². The Balaban J connectivity index is 1.57. The van der Waals surface area contributed by atoms with Gasteiger partial charge >= 0.3 is 0 Å². The van der Waals surface area contributed by atoms with E-state index in [0.717, 1.165) is 48.2 Å². The monoisotopic (exact) mass is 393 g/mol. The minimum atomic E-state index is -0.0679. The second-order valence-electron chi connectivity index (χ2n) is 8.62. The Labute approximate surface area is 173 Å². The molecule has 0 saturated carbocycles. The molecule has 0 bridgehead atoms. The average Bonchev–Trinajstić information content (AvgIpc) is 2.78. The summed E-state index contributed by atoms with van der Waals surface area (Å²) in [4.78, 5) is 17.3. The number of likely N-dealkylation sites (tertiary alicyclic amines) is 1. The van der Waals surface area contributed by atoms with E-state index in [0.29, 0.717) is 13.1 Å². The molecule has 0 aliphatic carbocycles. The normalized spacial score (nSPS) is 24.1. The summed E-state index contributed by atoms with van der Waals surface area (Å²) in [7, 11) is 4.07. The molecule has 2 atom stereocenters. The van der Waals surface area contributed by atoms with E-state index in [1.165, 1.54) is 0 Å². The molecular formula is C24H31N3O2. The summed E-state index contributed by atoms with van der Waals surface area (Å²) in [6.45, 7) is 2.53. The highest BCUT2D eigenvalue weighted by Crippen LogP contribution is 2.38. The van der Waals surface area contributed by atoms with Gasteiger partial charge in [0.1, 0.15) is 0 Å². The summed E-state index contributed by atoms with van der Waals surface area (Å²) < 4.78 is 0. The Morgan fingerprint density at radius 1 is 1.21 bits per heavy atom. The number of hydrogen-bond acceptors (Lipinski definition) is 4. The van der Waals surface area contributed by atoms with Crippen molar-refractivity contribution < 1.29 is 9.90 Å². The third-order valence-electron chi connectivity index (χ3n) is 6.67. The first kappa shape index (κ1) is 19.9. The van der Waals surface area contributed by atoms with E-state index in [1.807, 2.05) is 49.3 Å². The molecule has 5 heteroatoms. The molecule has 2 aliphatic rings. The molecule has 4 rings (SSSR count). The van der Waals surface area contributed by atoms with Crippen molar-refractivity contribution >= 4 is 11.6 Å². The molecule has 0 radical (unpaired) electrons. The van der Waals surface area contributed by atoms with Crippen molar-refractivity contribution in [2.45, 2.75) is 25.3 Å². The number of benzene rings is 2. The van der Waals surface area contributed by atoms with Gasteiger partial charge in [-0.1, -0.05) is 30.3 Å². The second kappa shape index (κ2) is 8.17. The van der Waals surface area contributed by atoms with Crippen LogP contribution < -0.4 is 10.2 Å². The predicted molar refractivity (Wildman–Crippen MR) is 117 cm³/mol. The highest BCUT2D eigenvalue weighted by molar-refractivity contribution is 5.96. The molecule has 1 amide bonds. The Morgan fingerprint density at radius 3 is 2.83 bits per heavy atom. The number of nitrogens with zero attached hydrogens (tertiary/aromatic N) is 2. The lowest BCUT2D eigenvalue weighted by Crippen LogP contribution is -2.62. The number of hydrogen-bond donors (Lipinski definition) is 2. The van der Waals surface area contributed by atoms with E-state index in [-0.39, 0.29) is 24.0 Å². The Morgan fingerprint density at radius 2 is 2.03 bits per heavy atom. The highest BCUT2D eigenvalue weighted by Gasteiger charge is 2.44. The number of nitrogens with one attached hydrogen (secondary N) is 1. The summed E-state index contributed by atoms with van der Waals surface area (Å²) in [6, 6.07) is 16.4. The quantitative estimate of drug-likeness (QED) is 0.839. The van der Waals surface area contributed by atoms with E-state index >= 15 is 0 Å². The number of amides is 1. The molecule has 2 saturated heterocycles. The molecule has 2 N–H and O–H groups in total. The summed E-state index contributed by atoms with van der Waals surface area (Å²) in [5.41, 5.74) is 3.97. The molecule has 2 heterocycles. The third kappa shape index (κ3) is 3.77. The van der Waals surface area contributed by atoms with Crippen LogP contribution in [-0.4, -0.2) is 62.3 Å². The Bertz CT molecular complexity index is 882. The van der Waals surface area contributed by atoms with Gasteiger partial charge < -0.3 is 20.2 Å². The van der Waals surface area contributed by atoms with Gasteiger partial charge in [-0.15, -0.1) is 0 Å². The summed E-state index contributed by atoms with van der Waals surface area (Å²) in [5, 5.41) is 13.6. The van der Waals surface area contributed by atoms with E-state index < -0.39 is 0 Å². The van der Waals surface area contributed by atoms with Gasteiger partial charge in [-0.2, -0.15) is 0 Å². The zero-order chi connectivity index (χ0) is 20.4. The predicted octanol–water partition coefficient (Wildman–Crippen LogP) is 3.00. The number of carbonyl (C=O) groups excluding carboxylic acids is 1. The zero-order valence-electron chi connectivity index (χ0n) is 17.4. The number of para-hydroxylation sites is 1. The van der Waals surface area contributed by atoms with Gasteiger partial charge in [-0.3, -0.25) is 4.79 Å². The summed E-state index contributed by atoms with van der Waals surface area (Å²) in [6.07, 6.45) is 2.99. The fourth-order valence-corrected chi connectivity index (χ4v) is 4.90. The van der Waals surface area contributed by atoms with Crippen molar-refractivity contribution in [2.24, 2.45) is 5.41 Å². The summed E-state index contributed by atoms with van der Waals surface area (Å²) >= 11 is 0. The molecule has 154 valence electrons. The molecule has 2 fully saturated rings. The Kier molecular flexibility index (Phi) is 5.61. The van der Waals surface area contributed by atoms with Crippen LogP contribution in [0.5, 0.6) is 0 Å². The van der Waals surface area contributed by atoms with Gasteiger partial charge in [0.15, 0.2) is 0 Å². The topological polar surface area (TPSA) is 55.8 Å². The highest BCUT2D eigenvalue weighted by atomic mass is 16.3. The maximum Gasteiger partial charge on any atom is 0.253 e. The average molecular weight is 394 g/mol. The maximum absolute atomic E-state index is 13.3. The minimum Gasteiger partial charge on any atom is -0.396 e. The lowest BCUT2D eigenvalue weighted by Gasteiger charge is -2.50. The first-order valence-corrected chi connectivity index (χ1v) is 10.5. The fraction of sp³-hybridized carbons (Fsp3) is 0.458. The Hall–Kier alpha value is -2.37. The zero-order valence-corrected chi connectivity index (χ0v) is 17.4. The minimum absolute atomic E-state index is 0.0679. The van der Waals surface area contributed by atoms with Crippen LogP contribution in [0.3, 0.4) is 0 Å². The molecule has 2 aromatic carbocycles. The number of aliphatic hydroxyl groups is 1. The first-order chi connectivity index (χ1) is 14.0. The fourth-order valence-electron chi connectivity index (χ4n) is 4.90. The van der Waals surface area contributed by atoms with Crippen LogP contribution in [-0.2, 0) is 0 Å². The van der Waals surface area contributed by atoms with Gasteiger partial charge in [0.25, 0.3) is 5.91 Å². The number of rotatable bonds is 4. The standard InChI is InChI=1S/C24H31N3O2/c1-26(2)21-10-4-3-9-20(21)18-7-5-8-19(15-18)23(29)27-14-12-24(17-28)11-6-13-25-22(24)16-27/h3-5,7-10,15,22,25,28H,6,11-14,16-17H2,1-2H3/t22-,24-/m1/s1. The van der Waals surface area contributed by atoms with Crippen LogP contribution >= 0.6 is 0 Å². The van der Waals surface area contributed by atoms with E-state index in [9.17, 15) is 9.90 Å². The number of fused-ring (bicyclic) bond motifs is 1.